The maximum Gasteiger partial charge on any atom is 0.406 e. The van der Waals surface area contributed by atoms with E-state index in [2.05, 4.69) is 14.8 Å². The summed E-state index contributed by atoms with van der Waals surface area (Å²) in [6.45, 7) is 0.348. The van der Waals surface area contributed by atoms with Crippen LogP contribution in [0, 0.1) is 0 Å². The number of carbonyl (C=O) groups is 1. The van der Waals surface area contributed by atoms with E-state index in [9.17, 15) is 13.2 Å². The molecule has 0 heterocycles. The van der Waals surface area contributed by atoms with Crippen molar-refractivity contribution < 1.29 is 27.4 Å². The van der Waals surface area contributed by atoms with Crippen molar-refractivity contribution >= 4 is 16.1 Å². The number of nitrogens with one attached hydrogen (secondary N) is 2. The van der Waals surface area contributed by atoms with Crippen molar-refractivity contribution in [3.8, 4) is 11.5 Å². The zero-order valence-corrected chi connectivity index (χ0v) is 16.8. The van der Waals surface area contributed by atoms with Gasteiger partial charge in [-0.15, -0.1) is 0 Å². The standard InChI is InChI=1S/C19H24N2O6S/c1-25-16-11-15(9-10-20-19(22)27-3)18(12-17(16)26-2)28(23,24)21-13-14-7-5-4-6-8-14/h4-8,11-12,21H,9-10,13H2,1-3H3,(H,20,22). The molecule has 0 atom stereocenters. The molecule has 9 heteroatoms. The third kappa shape index (κ3) is 5.61. The summed E-state index contributed by atoms with van der Waals surface area (Å²) in [5, 5.41) is 2.53. The second-order valence-electron chi connectivity index (χ2n) is 5.79. The first-order chi connectivity index (χ1) is 13.4. The lowest BCUT2D eigenvalue weighted by molar-refractivity contribution is 0.171. The van der Waals surface area contributed by atoms with Gasteiger partial charge in [-0.25, -0.2) is 17.9 Å². The summed E-state index contributed by atoms with van der Waals surface area (Å²) in [4.78, 5) is 11.3. The van der Waals surface area contributed by atoms with Gasteiger partial charge in [0.25, 0.3) is 0 Å². The molecule has 0 fully saturated rings. The lowest BCUT2D eigenvalue weighted by Gasteiger charge is -2.16. The second-order valence-corrected chi connectivity index (χ2v) is 7.53. The molecule has 0 aliphatic carbocycles. The average molecular weight is 408 g/mol. The first-order valence-corrected chi connectivity index (χ1v) is 10.00. The van der Waals surface area contributed by atoms with Crippen molar-refractivity contribution in [3.05, 3.63) is 53.6 Å². The molecule has 0 aliphatic rings. The van der Waals surface area contributed by atoms with Crippen LogP contribution in [0.5, 0.6) is 11.5 Å². The van der Waals surface area contributed by atoms with E-state index in [0.29, 0.717) is 17.1 Å². The topological polar surface area (TPSA) is 103 Å². The number of hydrogen-bond acceptors (Lipinski definition) is 6. The molecule has 8 nitrogen and oxygen atoms in total. The van der Waals surface area contributed by atoms with Crippen molar-refractivity contribution in [1.29, 1.82) is 0 Å². The predicted octanol–water partition coefficient (Wildman–Crippen LogP) is 2.08. The van der Waals surface area contributed by atoms with Crippen molar-refractivity contribution in [1.82, 2.24) is 10.0 Å². The Bertz CT molecular complexity index is 900. The summed E-state index contributed by atoms with van der Waals surface area (Å²) >= 11 is 0. The molecule has 0 saturated carbocycles. The van der Waals surface area contributed by atoms with E-state index in [1.165, 1.54) is 27.4 Å². The summed E-state index contributed by atoms with van der Waals surface area (Å²) < 4.78 is 43.5. The molecule has 0 spiro atoms. The van der Waals surface area contributed by atoms with E-state index >= 15 is 0 Å². The Morgan fingerprint density at radius 1 is 1.00 bits per heavy atom. The highest BCUT2D eigenvalue weighted by atomic mass is 32.2. The van der Waals surface area contributed by atoms with E-state index in [0.717, 1.165) is 5.56 Å². The van der Waals surface area contributed by atoms with E-state index in [1.54, 1.807) is 6.07 Å². The fourth-order valence-corrected chi connectivity index (χ4v) is 3.85. The van der Waals surface area contributed by atoms with E-state index in [1.807, 2.05) is 30.3 Å². The highest BCUT2D eigenvalue weighted by Crippen LogP contribution is 2.33. The number of ether oxygens (including phenoxy) is 3. The van der Waals surface area contributed by atoms with Crippen molar-refractivity contribution in [3.63, 3.8) is 0 Å². The summed E-state index contributed by atoms with van der Waals surface area (Å²) in [5.74, 6) is 0.699. The monoisotopic (exact) mass is 408 g/mol. The van der Waals surface area contributed by atoms with Crippen LogP contribution in [0.1, 0.15) is 11.1 Å². The summed E-state index contributed by atoms with van der Waals surface area (Å²) in [5.41, 5.74) is 1.31. The quantitative estimate of drug-likeness (QED) is 0.659. The molecule has 2 rings (SSSR count). The second kappa shape index (κ2) is 9.95. The van der Waals surface area contributed by atoms with Gasteiger partial charge in [0.15, 0.2) is 11.5 Å². The molecule has 0 aliphatic heterocycles. The Hall–Kier alpha value is -2.78. The summed E-state index contributed by atoms with van der Waals surface area (Å²) in [7, 11) is 0.330. The highest BCUT2D eigenvalue weighted by Gasteiger charge is 2.22. The van der Waals surface area contributed by atoms with Gasteiger partial charge in [0.05, 0.1) is 26.2 Å². The van der Waals surface area contributed by atoms with Gasteiger partial charge in [-0.2, -0.15) is 0 Å². The minimum atomic E-state index is -3.83. The molecule has 0 bridgehead atoms. The molecule has 0 radical (unpaired) electrons. The van der Waals surface area contributed by atoms with Gasteiger partial charge in [-0.1, -0.05) is 30.3 Å². The summed E-state index contributed by atoms with van der Waals surface area (Å²) in [6.07, 6.45) is -0.330. The molecule has 1 amide bonds. The number of rotatable bonds is 9. The van der Waals surface area contributed by atoms with Crippen molar-refractivity contribution in [2.75, 3.05) is 27.9 Å². The fourth-order valence-electron chi connectivity index (χ4n) is 2.57. The zero-order chi connectivity index (χ0) is 20.6. The van der Waals surface area contributed by atoms with Crippen LogP contribution in [0.15, 0.2) is 47.4 Å². The Balaban J connectivity index is 2.31. The van der Waals surface area contributed by atoms with Crippen LogP contribution in [-0.4, -0.2) is 42.4 Å². The Kier molecular flexibility index (Phi) is 7.65. The molecule has 28 heavy (non-hydrogen) atoms. The number of methoxy groups -OCH3 is 3. The molecule has 2 aromatic carbocycles. The normalized spacial score (nSPS) is 11.0. The third-order valence-corrected chi connectivity index (χ3v) is 5.50. The zero-order valence-electron chi connectivity index (χ0n) is 16.0. The Labute approximate surface area is 164 Å². The van der Waals surface area contributed by atoms with Gasteiger partial charge in [-0.3, -0.25) is 0 Å². The molecule has 0 aromatic heterocycles. The smallest absolute Gasteiger partial charge is 0.406 e. The molecular weight excluding hydrogens is 384 g/mol. The van der Waals surface area contributed by atoms with Crippen LogP contribution >= 0.6 is 0 Å². The van der Waals surface area contributed by atoms with E-state index < -0.39 is 16.1 Å². The molecule has 2 aromatic rings. The predicted molar refractivity (Wildman–Crippen MR) is 104 cm³/mol. The van der Waals surface area contributed by atoms with Gasteiger partial charge in [0.2, 0.25) is 10.0 Å². The highest BCUT2D eigenvalue weighted by molar-refractivity contribution is 7.89. The van der Waals surface area contributed by atoms with Crippen LogP contribution in [0.2, 0.25) is 0 Å². The SMILES string of the molecule is COC(=O)NCCc1cc(OC)c(OC)cc1S(=O)(=O)NCc1ccccc1. The third-order valence-electron chi connectivity index (χ3n) is 4.01. The van der Waals surface area contributed by atoms with Gasteiger partial charge >= 0.3 is 6.09 Å². The van der Waals surface area contributed by atoms with E-state index in [-0.39, 0.29) is 24.4 Å². The molecule has 2 N–H and O–H groups in total. The molecular formula is C19H24N2O6S. The number of hydrogen-bond donors (Lipinski definition) is 2. The lowest BCUT2D eigenvalue weighted by atomic mass is 10.1. The fraction of sp³-hybridized carbons (Fsp3) is 0.316. The number of benzene rings is 2. The van der Waals surface area contributed by atoms with Gasteiger partial charge in [0.1, 0.15) is 0 Å². The van der Waals surface area contributed by atoms with Crippen LogP contribution in [0.25, 0.3) is 0 Å². The van der Waals surface area contributed by atoms with Gasteiger partial charge < -0.3 is 19.5 Å². The maximum atomic E-state index is 12.9. The van der Waals surface area contributed by atoms with Crippen LogP contribution in [-0.2, 0) is 27.7 Å². The van der Waals surface area contributed by atoms with E-state index in [4.69, 9.17) is 9.47 Å². The van der Waals surface area contributed by atoms with Crippen LogP contribution in [0.4, 0.5) is 4.79 Å². The number of alkyl carbamates (subject to hydrolysis) is 1. The maximum absolute atomic E-state index is 12.9. The summed E-state index contributed by atoms with van der Waals surface area (Å²) in [6, 6.07) is 12.2. The van der Waals surface area contributed by atoms with Crippen LogP contribution < -0.4 is 19.5 Å². The van der Waals surface area contributed by atoms with Crippen molar-refractivity contribution in [2.45, 2.75) is 17.9 Å². The van der Waals surface area contributed by atoms with Crippen molar-refractivity contribution in [2.24, 2.45) is 0 Å². The minimum absolute atomic E-state index is 0.0627. The lowest BCUT2D eigenvalue weighted by Crippen LogP contribution is -2.27. The number of amides is 1. The Morgan fingerprint density at radius 2 is 1.64 bits per heavy atom. The van der Waals surface area contributed by atoms with Gasteiger partial charge in [-0.05, 0) is 23.6 Å². The molecule has 0 unspecified atom stereocenters. The minimum Gasteiger partial charge on any atom is -0.493 e. The molecule has 0 saturated heterocycles. The number of carbonyl (C=O) groups excluding carboxylic acids is 1. The Morgan fingerprint density at radius 3 is 2.25 bits per heavy atom. The largest absolute Gasteiger partial charge is 0.493 e. The van der Waals surface area contributed by atoms with Gasteiger partial charge in [0, 0.05) is 19.2 Å². The first-order valence-electron chi connectivity index (χ1n) is 8.51. The number of sulfonamides is 1. The molecule has 152 valence electrons. The first kappa shape index (κ1) is 21.5. The average Bonchev–Trinajstić information content (AvgIpc) is 2.72. The van der Waals surface area contributed by atoms with Crippen LogP contribution in [0.3, 0.4) is 0 Å².